The van der Waals surface area contributed by atoms with E-state index in [2.05, 4.69) is 24.0 Å². The van der Waals surface area contributed by atoms with Gasteiger partial charge in [-0.25, -0.2) is 4.98 Å². The molecule has 0 atom stereocenters. The fourth-order valence-electron chi connectivity index (χ4n) is 2.36. The van der Waals surface area contributed by atoms with E-state index in [0.717, 1.165) is 34.3 Å². The number of ether oxygens (including phenoxy) is 1. The summed E-state index contributed by atoms with van der Waals surface area (Å²) >= 11 is 0. The van der Waals surface area contributed by atoms with Gasteiger partial charge in [-0.05, 0) is 35.9 Å². The molecule has 102 valence electrons. The Kier molecular flexibility index (Phi) is 3.06. The van der Waals surface area contributed by atoms with Gasteiger partial charge in [-0.2, -0.15) is 0 Å². The van der Waals surface area contributed by atoms with Crippen molar-refractivity contribution in [3.63, 3.8) is 0 Å². The standard InChI is InChI=1S/C16H17N3O/c1-3-19-10-18-15(16(19)17)13-5-4-12-9-14(20-2)7-6-11(12)8-13/h4-10H,3,17H2,1-2H3. The zero-order chi connectivity index (χ0) is 14.1. The Morgan fingerprint density at radius 3 is 2.60 bits per heavy atom. The fourth-order valence-corrected chi connectivity index (χ4v) is 2.36. The number of aryl methyl sites for hydroxylation is 1. The van der Waals surface area contributed by atoms with Crippen molar-refractivity contribution in [1.29, 1.82) is 0 Å². The number of aromatic nitrogens is 2. The zero-order valence-corrected chi connectivity index (χ0v) is 11.6. The Morgan fingerprint density at radius 1 is 1.15 bits per heavy atom. The Morgan fingerprint density at radius 2 is 1.90 bits per heavy atom. The molecular weight excluding hydrogens is 250 g/mol. The summed E-state index contributed by atoms with van der Waals surface area (Å²) in [6.07, 6.45) is 1.78. The lowest BCUT2D eigenvalue weighted by Crippen LogP contribution is -1.99. The van der Waals surface area contributed by atoms with Crippen LogP contribution in [0, 0.1) is 0 Å². The van der Waals surface area contributed by atoms with Crippen LogP contribution >= 0.6 is 0 Å². The topological polar surface area (TPSA) is 53.1 Å². The molecule has 4 heteroatoms. The van der Waals surface area contributed by atoms with E-state index in [1.165, 1.54) is 0 Å². The molecule has 0 radical (unpaired) electrons. The van der Waals surface area contributed by atoms with Crippen LogP contribution in [0.5, 0.6) is 5.75 Å². The number of nitrogens with zero attached hydrogens (tertiary/aromatic N) is 2. The van der Waals surface area contributed by atoms with Gasteiger partial charge in [0.15, 0.2) is 0 Å². The lowest BCUT2D eigenvalue weighted by atomic mass is 10.0. The third-order valence-electron chi connectivity index (χ3n) is 3.54. The van der Waals surface area contributed by atoms with E-state index in [4.69, 9.17) is 10.5 Å². The summed E-state index contributed by atoms with van der Waals surface area (Å²) in [7, 11) is 1.67. The average Bonchev–Trinajstić information content (AvgIpc) is 2.87. The third-order valence-corrected chi connectivity index (χ3v) is 3.54. The fraction of sp³-hybridized carbons (Fsp3) is 0.188. The molecule has 0 fully saturated rings. The van der Waals surface area contributed by atoms with Gasteiger partial charge in [-0.3, -0.25) is 0 Å². The highest BCUT2D eigenvalue weighted by Gasteiger charge is 2.09. The van der Waals surface area contributed by atoms with E-state index >= 15 is 0 Å². The van der Waals surface area contributed by atoms with Crippen LogP contribution < -0.4 is 10.5 Å². The second-order valence-electron chi connectivity index (χ2n) is 4.69. The van der Waals surface area contributed by atoms with Crippen LogP contribution in [0.3, 0.4) is 0 Å². The smallest absolute Gasteiger partial charge is 0.131 e. The van der Waals surface area contributed by atoms with E-state index < -0.39 is 0 Å². The van der Waals surface area contributed by atoms with Gasteiger partial charge < -0.3 is 15.0 Å². The van der Waals surface area contributed by atoms with Gasteiger partial charge in [-0.15, -0.1) is 0 Å². The molecule has 4 nitrogen and oxygen atoms in total. The van der Waals surface area contributed by atoms with Gasteiger partial charge in [0.05, 0.1) is 13.4 Å². The SMILES string of the molecule is CCn1cnc(-c2ccc3cc(OC)ccc3c2)c1N. The van der Waals surface area contributed by atoms with Crippen molar-refractivity contribution in [1.82, 2.24) is 9.55 Å². The normalized spacial score (nSPS) is 10.9. The maximum atomic E-state index is 6.12. The molecule has 0 unspecified atom stereocenters. The monoisotopic (exact) mass is 267 g/mol. The van der Waals surface area contributed by atoms with Crippen molar-refractivity contribution >= 4 is 16.6 Å². The van der Waals surface area contributed by atoms with Crippen LogP contribution in [0.2, 0.25) is 0 Å². The van der Waals surface area contributed by atoms with Crippen LogP contribution in [0.1, 0.15) is 6.92 Å². The molecule has 0 spiro atoms. The van der Waals surface area contributed by atoms with Crippen molar-refractivity contribution in [2.45, 2.75) is 13.5 Å². The Bertz CT molecular complexity index is 762. The van der Waals surface area contributed by atoms with Gasteiger partial charge in [-0.1, -0.05) is 18.2 Å². The van der Waals surface area contributed by atoms with Crippen LogP contribution in [0.15, 0.2) is 42.7 Å². The minimum absolute atomic E-state index is 0.709. The van der Waals surface area contributed by atoms with E-state index in [-0.39, 0.29) is 0 Å². The molecule has 0 saturated carbocycles. The third kappa shape index (κ3) is 1.99. The van der Waals surface area contributed by atoms with E-state index in [1.54, 1.807) is 13.4 Å². The molecule has 1 aromatic heterocycles. The molecule has 2 N–H and O–H groups in total. The highest BCUT2D eigenvalue weighted by Crippen LogP contribution is 2.29. The summed E-state index contributed by atoms with van der Waals surface area (Å²) in [5.74, 6) is 1.57. The Hall–Kier alpha value is -2.49. The first-order valence-electron chi connectivity index (χ1n) is 6.61. The van der Waals surface area contributed by atoms with Gasteiger partial charge in [0.2, 0.25) is 0 Å². The molecule has 0 aliphatic heterocycles. The molecule has 20 heavy (non-hydrogen) atoms. The summed E-state index contributed by atoms with van der Waals surface area (Å²) < 4.78 is 7.18. The van der Waals surface area contributed by atoms with E-state index in [1.807, 2.05) is 28.8 Å². The second-order valence-corrected chi connectivity index (χ2v) is 4.69. The number of anilines is 1. The second kappa shape index (κ2) is 4.89. The summed E-state index contributed by atoms with van der Waals surface area (Å²) in [6, 6.07) is 12.2. The van der Waals surface area contributed by atoms with Crippen LogP contribution in [-0.2, 0) is 6.54 Å². The lowest BCUT2D eigenvalue weighted by Gasteiger charge is -2.06. The number of nitrogen functional groups attached to an aromatic ring is 1. The minimum atomic E-state index is 0.709. The van der Waals surface area contributed by atoms with Gasteiger partial charge in [0.25, 0.3) is 0 Å². The van der Waals surface area contributed by atoms with Crippen LogP contribution in [0.25, 0.3) is 22.0 Å². The molecule has 2 aromatic carbocycles. The first-order valence-corrected chi connectivity index (χ1v) is 6.61. The summed E-state index contributed by atoms with van der Waals surface area (Å²) in [5.41, 5.74) is 7.99. The first-order chi connectivity index (χ1) is 9.72. The van der Waals surface area contributed by atoms with Crippen LogP contribution in [-0.4, -0.2) is 16.7 Å². The van der Waals surface area contributed by atoms with Gasteiger partial charge in [0.1, 0.15) is 17.3 Å². The Balaban J connectivity index is 2.10. The molecular formula is C16H17N3O. The number of methoxy groups -OCH3 is 1. The maximum Gasteiger partial charge on any atom is 0.131 e. The molecule has 1 heterocycles. The quantitative estimate of drug-likeness (QED) is 0.792. The highest BCUT2D eigenvalue weighted by atomic mass is 16.5. The predicted octanol–water partition coefficient (Wildman–Crippen LogP) is 3.31. The summed E-state index contributed by atoms with van der Waals surface area (Å²) in [4.78, 5) is 4.41. The number of nitrogens with two attached hydrogens (primary N) is 1. The van der Waals surface area contributed by atoms with Crippen LogP contribution in [0.4, 0.5) is 5.82 Å². The number of hydrogen-bond donors (Lipinski definition) is 1. The van der Waals surface area contributed by atoms with E-state index in [9.17, 15) is 0 Å². The van der Waals surface area contributed by atoms with Gasteiger partial charge >= 0.3 is 0 Å². The van der Waals surface area contributed by atoms with Crippen molar-refractivity contribution in [3.05, 3.63) is 42.7 Å². The molecule has 0 saturated heterocycles. The first kappa shape index (κ1) is 12.5. The molecule has 3 rings (SSSR count). The number of benzene rings is 2. The molecule has 0 aliphatic carbocycles. The van der Waals surface area contributed by atoms with Gasteiger partial charge in [0, 0.05) is 12.1 Å². The number of hydrogen-bond acceptors (Lipinski definition) is 3. The van der Waals surface area contributed by atoms with Crippen molar-refractivity contribution in [2.75, 3.05) is 12.8 Å². The average molecular weight is 267 g/mol. The molecule has 3 aromatic rings. The number of rotatable bonds is 3. The summed E-state index contributed by atoms with van der Waals surface area (Å²) in [5, 5.41) is 2.29. The van der Waals surface area contributed by atoms with Crippen molar-refractivity contribution < 1.29 is 4.74 Å². The number of imidazole rings is 1. The molecule has 0 amide bonds. The molecule has 0 aliphatic rings. The van der Waals surface area contributed by atoms with Crippen molar-refractivity contribution in [2.24, 2.45) is 0 Å². The summed E-state index contributed by atoms with van der Waals surface area (Å²) in [6.45, 7) is 2.87. The molecule has 0 bridgehead atoms. The largest absolute Gasteiger partial charge is 0.497 e. The Labute approximate surface area is 117 Å². The number of fused-ring (bicyclic) bond motifs is 1. The minimum Gasteiger partial charge on any atom is -0.497 e. The van der Waals surface area contributed by atoms with Crippen molar-refractivity contribution in [3.8, 4) is 17.0 Å². The highest BCUT2D eigenvalue weighted by molar-refractivity contribution is 5.89. The maximum absolute atomic E-state index is 6.12. The predicted molar refractivity (Wildman–Crippen MR) is 81.8 cm³/mol. The van der Waals surface area contributed by atoms with E-state index in [0.29, 0.717) is 5.82 Å². The zero-order valence-electron chi connectivity index (χ0n) is 11.6. The lowest BCUT2D eigenvalue weighted by molar-refractivity contribution is 0.415.